The van der Waals surface area contributed by atoms with Gasteiger partial charge >= 0.3 is 6.09 Å². The van der Waals surface area contributed by atoms with E-state index >= 15 is 0 Å². The van der Waals surface area contributed by atoms with Crippen molar-refractivity contribution in [3.05, 3.63) is 58.2 Å². The van der Waals surface area contributed by atoms with Gasteiger partial charge in [0, 0.05) is 40.7 Å². The van der Waals surface area contributed by atoms with Crippen molar-refractivity contribution in [2.75, 3.05) is 18.8 Å². The summed E-state index contributed by atoms with van der Waals surface area (Å²) in [5, 5.41) is 15.3. The van der Waals surface area contributed by atoms with Crippen LogP contribution in [0.1, 0.15) is 51.8 Å². The van der Waals surface area contributed by atoms with E-state index in [9.17, 15) is 14.3 Å². The minimum absolute atomic E-state index is 0.120. The average Bonchev–Trinajstić information content (AvgIpc) is 3.32. The summed E-state index contributed by atoms with van der Waals surface area (Å²) in [6.45, 7) is 7.65. The van der Waals surface area contributed by atoms with E-state index in [-0.39, 0.29) is 34.2 Å². The average molecular weight is 566 g/mol. The van der Waals surface area contributed by atoms with Crippen molar-refractivity contribution in [1.82, 2.24) is 19.7 Å². The third kappa shape index (κ3) is 6.14. The summed E-state index contributed by atoms with van der Waals surface area (Å²) < 4.78 is 27.1. The molecule has 204 valence electrons. The minimum Gasteiger partial charge on any atom is -0.482 e. The number of benzene rings is 1. The molecular formula is C26H30Cl2FN5O4. The van der Waals surface area contributed by atoms with Crippen molar-refractivity contribution >= 4 is 35.1 Å². The first-order valence-corrected chi connectivity index (χ1v) is 12.9. The number of amides is 1. The molecule has 38 heavy (non-hydrogen) atoms. The van der Waals surface area contributed by atoms with E-state index in [0.29, 0.717) is 24.1 Å². The summed E-state index contributed by atoms with van der Waals surface area (Å²) in [7, 11) is 0. The predicted molar refractivity (Wildman–Crippen MR) is 143 cm³/mol. The Bertz CT molecular complexity index is 1330. The Morgan fingerprint density at radius 2 is 2.00 bits per heavy atom. The molecule has 0 aliphatic carbocycles. The highest BCUT2D eigenvalue weighted by Gasteiger charge is 2.34. The van der Waals surface area contributed by atoms with Crippen LogP contribution in [0.2, 0.25) is 10.0 Å². The third-order valence-corrected chi connectivity index (χ3v) is 6.86. The Labute approximate surface area is 230 Å². The normalized spacial score (nSPS) is 18.8. The number of β-amino-alcohol motifs (C(OH)–C–C–N with tert-alkyl or cyclic N) is 1. The van der Waals surface area contributed by atoms with E-state index < -0.39 is 29.7 Å². The second kappa shape index (κ2) is 11.0. The number of hydrogen-bond acceptors (Lipinski definition) is 7. The molecule has 1 aromatic carbocycles. The number of aromatic nitrogens is 3. The summed E-state index contributed by atoms with van der Waals surface area (Å²) in [4.78, 5) is 18.1. The van der Waals surface area contributed by atoms with Crippen molar-refractivity contribution in [1.29, 1.82) is 0 Å². The number of nitrogen functional groups attached to an aromatic ring is 1. The lowest BCUT2D eigenvalue weighted by Crippen LogP contribution is -2.48. The molecule has 9 nitrogen and oxygen atoms in total. The monoisotopic (exact) mass is 565 g/mol. The Balaban J connectivity index is 1.49. The molecule has 12 heteroatoms. The van der Waals surface area contributed by atoms with Crippen LogP contribution in [0.25, 0.3) is 11.1 Å². The van der Waals surface area contributed by atoms with Crippen molar-refractivity contribution in [3.63, 3.8) is 0 Å². The molecule has 3 aromatic rings. The molecule has 1 aliphatic heterocycles. The summed E-state index contributed by atoms with van der Waals surface area (Å²) in [5.41, 5.74) is 7.13. The van der Waals surface area contributed by atoms with Gasteiger partial charge in [-0.05, 0) is 52.3 Å². The number of hydrogen-bond donors (Lipinski definition) is 2. The maximum atomic E-state index is 14.0. The molecule has 0 radical (unpaired) electrons. The zero-order chi connectivity index (χ0) is 27.8. The molecule has 1 amide bonds. The number of likely N-dealkylation sites (tertiary alicyclic amines) is 1. The number of piperidine rings is 1. The zero-order valence-corrected chi connectivity index (χ0v) is 23.0. The SMILES string of the molecule is CC(Oc1cc(-c2cnn(C3CCN(C(=O)OC(C)(C)C)C[C@H]3O)c2)cnc1N)c1c(Cl)ccc(F)c1Cl. The second-order valence-corrected chi connectivity index (χ2v) is 11.0. The van der Waals surface area contributed by atoms with Crippen molar-refractivity contribution < 1.29 is 23.8 Å². The molecular weight excluding hydrogens is 536 g/mol. The van der Waals surface area contributed by atoms with Gasteiger partial charge < -0.3 is 25.2 Å². The molecule has 1 aliphatic rings. The van der Waals surface area contributed by atoms with Crippen molar-refractivity contribution in [2.45, 2.75) is 58.0 Å². The molecule has 0 saturated carbocycles. The minimum atomic E-state index is -0.825. The number of nitrogens with two attached hydrogens (primary N) is 1. The van der Waals surface area contributed by atoms with Gasteiger partial charge in [0.05, 0.1) is 29.9 Å². The molecule has 3 N–H and O–H groups in total. The molecule has 2 unspecified atom stereocenters. The second-order valence-electron chi connectivity index (χ2n) is 10.2. The summed E-state index contributed by atoms with van der Waals surface area (Å²) in [5.74, 6) is -0.195. The summed E-state index contributed by atoms with van der Waals surface area (Å²) in [6.07, 6.45) is 3.53. The van der Waals surface area contributed by atoms with Crippen LogP contribution in [0.4, 0.5) is 15.0 Å². The number of rotatable bonds is 5. The number of ether oxygens (including phenoxy) is 2. The van der Waals surface area contributed by atoms with Crippen LogP contribution in [-0.4, -0.2) is 55.7 Å². The van der Waals surface area contributed by atoms with Gasteiger partial charge in [-0.3, -0.25) is 4.68 Å². The van der Waals surface area contributed by atoms with E-state index in [1.54, 1.807) is 57.0 Å². The Morgan fingerprint density at radius 1 is 1.26 bits per heavy atom. The van der Waals surface area contributed by atoms with Crippen LogP contribution in [0, 0.1) is 5.82 Å². The molecule has 3 heterocycles. The molecule has 1 saturated heterocycles. The zero-order valence-electron chi connectivity index (χ0n) is 21.5. The molecule has 0 spiro atoms. The smallest absolute Gasteiger partial charge is 0.410 e. The van der Waals surface area contributed by atoms with E-state index in [2.05, 4.69) is 10.1 Å². The van der Waals surface area contributed by atoms with Crippen LogP contribution in [0.15, 0.2) is 36.8 Å². The number of carbonyl (C=O) groups is 1. The number of aliphatic hydroxyl groups is 1. The van der Waals surface area contributed by atoms with Crippen molar-refractivity contribution in [3.8, 4) is 16.9 Å². The first kappa shape index (κ1) is 27.9. The Hall–Kier alpha value is -3.08. The van der Waals surface area contributed by atoms with Gasteiger partial charge in [-0.15, -0.1) is 0 Å². The molecule has 1 fully saturated rings. The van der Waals surface area contributed by atoms with Gasteiger partial charge in [-0.1, -0.05) is 23.2 Å². The van der Waals surface area contributed by atoms with Gasteiger partial charge in [-0.25, -0.2) is 14.2 Å². The first-order chi connectivity index (χ1) is 17.8. The lowest BCUT2D eigenvalue weighted by Gasteiger charge is -2.36. The fourth-order valence-electron chi connectivity index (χ4n) is 4.26. The highest BCUT2D eigenvalue weighted by Crippen LogP contribution is 2.37. The predicted octanol–water partition coefficient (Wildman–Crippen LogP) is 5.66. The van der Waals surface area contributed by atoms with Gasteiger partial charge in [0.1, 0.15) is 17.5 Å². The quantitative estimate of drug-likeness (QED) is 0.383. The fraction of sp³-hybridized carbons (Fsp3) is 0.423. The van der Waals surface area contributed by atoms with Gasteiger partial charge in [0.15, 0.2) is 11.6 Å². The maximum absolute atomic E-state index is 14.0. The number of halogens is 3. The van der Waals surface area contributed by atoms with Crippen LogP contribution in [0.3, 0.4) is 0 Å². The molecule has 3 atom stereocenters. The van der Waals surface area contributed by atoms with Gasteiger partial charge in [0.25, 0.3) is 0 Å². The van der Waals surface area contributed by atoms with Crippen molar-refractivity contribution in [2.24, 2.45) is 0 Å². The Kier molecular flexibility index (Phi) is 8.06. The van der Waals surface area contributed by atoms with Gasteiger partial charge in [-0.2, -0.15) is 5.10 Å². The van der Waals surface area contributed by atoms with Crippen LogP contribution >= 0.6 is 23.2 Å². The topological polar surface area (TPSA) is 116 Å². The van der Waals surface area contributed by atoms with E-state index in [4.69, 9.17) is 38.4 Å². The van der Waals surface area contributed by atoms with E-state index in [0.717, 1.165) is 5.56 Å². The third-order valence-electron chi connectivity index (χ3n) is 6.14. The summed E-state index contributed by atoms with van der Waals surface area (Å²) in [6, 6.07) is 3.98. The highest BCUT2D eigenvalue weighted by atomic mass is 35.5. The van der Waals surface area contributed by atoms with Gasteiger partial charge in [0.2, 0.25) is 0 Å². The molecule has 4 rings (SSSR count). The summed E-state index contributed by atoms with van der Waals surface area (Å²) >= 11 is 12.4. The lowest BCUT2D eigenvalue weighted by molar-refractivity contribution is -0.0118. The van der Waals surface area contributed by atoms with Crippen LogP contribution in [-0.2, 0) is 4.74 Å². The first-order valence-electron chi connectivity index (χ1n) is 12.1. The molecule has 0 bridgehead atoms. The highest BCUT2D eigenvalue weighted by molar-refractivity contribution is 6.36. The van der Waals surface area contributed by atoms with E-state index in [1.807, 2.05) is 0 Å². The standard InChI is InChI=1S/C26H30Cl2FN5O4/c1-14(22-17(27)5-6-18(29)23(22)28)37-21-9-15(10-31-24(21)30)16-11-32-34(12-16)19-7-8-33(13-20(19)35)25(36)38-26(2,3)4/h5-6,9-12,14,19-20,35H,7-8,13H2,1-4H3,(H2,30,31)/t14?,19?,20-/m1/s1. The Morgan fingerprint density at radius 3 is 2.68 bits per heavy atom. The van der Waals surface area contributed by atoms with E-state index in [1.165, 1.54) is 17.0 Å². The number of anilines is 1. The maximum Gasteiger partial charge on any atom is 0.410 e. The number of pyridine rings is 1. The number of aliphatic hydroxyl groups excluding tert-OH is 1. The lowest BCUT2D eigenvalue weighted by atomic mass is 10.0. The molecule has 2 aromatic heterocycles. The number of nitrogens with zero attached hydrogens (tertiary/aromatic N) is 4. The number of carbonyl (C=O) groups excluding carboxylic acids is 1. The fourth-order valence-corrected chi connectivity index (χ4v) is 4.94. The van der Waals surface area contributed by atoms with Crippen LogP contribution < -0.4 is 10.5 Å². The largest absolute Gasteiger partial charge is 0.482 e. The van der Waals surface area contributed by atoms with Crippen LogP contribution in [0.5, 0.6) is 5.75 Å².